The second-order valence-corrected chi connectivity index (χ2v) is 3.75. The molecule has 0 spiro atoms. The van der Waals surface area contributed by atoms with Crippen molar-refractivity contribution in [2.45, 2.75) is 13.3 Å². The summed E-state index contributed by atoms with van der Waals surface area (Å²) in [7, 11) is 0. The number of furan rings is 1. The van der Waals surface area contributed by atoms with E-state index in [4.69, 9.17) is 9.52 Å². The predicted octanol–water partition coefficient (Wildman–Crippen LogP) is 1.73. The van der Waals surface area contributed by atoms with Gasteiger partial charge in [0.15, 0.2) is 0 Å². The first kappa shape index (κ1) is 12.1. The van der Waals surface area contributed by atoms with Crippen molar-refractivity contribution < 1.29 is 14.3 Å². The Morgan fingerprint density at radius 2 is 2.39 bits per heavy atom. The minimum absolute atomic E-state index is 0.117. The SMILES string of the molecule is Cc1nc(NCCc2ccco2)ncc1C(=O)O. The first-order valence-corrected chi connectivity index (χ1v) is 5.50. The quantitative estimate of drug-likeness (QED) is 0.836. The number of hydrogen-bond acceptors (Lipinski definition) is 5. The number of aromatic carboxylic acids is 1. The highest BCUT2D eigenvalue weighted by Crippen LogP contribution is 2.07. The molecule has 2 aromatic heterocycles. The van der Waals surface area contributed by atoms with E-state index in [0.29, 0.717) is 18.2 Å². The summed E-state index contributed by atoms with van der Waals surface area (Å²) in [6.45, 7) is 2.27. The van der Waals surface area contributed by atoms with Gasteiger partial charge in [0, 0.05) is 19.2 Å². The van der Waals surface area contributed by atoms with E-state index in [2.05, 4.69) is 15.3 Å². The van der Waals surface area contributed by atoms with E-state index in [1.165, 1.54) is 6.20 Å². The van der Waals surface area contributed by atoms with Gasteiger partial charge in [0.1, 0.15) is 5.76 Å². The third-order valence-corrected chi connectivity index (χ3v) is 2.44. The summed E-state index contributed by atoms with van der Waals surface area (Å²) in [5, 5.41) is 11.9. The zero-order valence-corrected chi connectivity index (χ0v) is 9.88. The highest BCUT2D eigenvalue weighted by atomic mass is 16.4. The first-order valence-electron chi connectivity index (χ1n) is 5.50. The fourth-order valence-corrected chi connectivity index (χ4v) is 1.51. The molecule has 0 aromatic carbocycles. The van der Waals surface area contributed by atoms with Gasteiger partial charge in [-0.25, -0.2) is 14.8 Å². The van der Waals surface area contributed by atoms with Crippen LogP contribution in [0.5, 0.6) is 0 Å². The summed E-state index contributed by atoms with van der Waals surface area (Å²) in [6.07, 6.45) is 3.65. The number of carbonyl (C=O) groups is 1. The molecule has 18 heavy (non-hydrogen) atoms. The van der Waals surface area contributed by atoms with Crippen LogP contribution in [0.4, 0.5) is 5.95 Å². The van der Waals surface area contributed by atoms with Crippen LogP contribution in [0, 0.1) is 6.92 Å². The molecular formula is C12H13N3O3. The summed E-state index contributed by atoms with van der Waals surface area (Å²) in [4.78, 5) is 18.8. The van der Waals surface area contributed by atoms with Gasteiger partial charge in [-0.05, 0) is 19.1 Å². The number of nitrogens with one attached hydrogen (secondary N) is 1. The molecule has 94 valence electrons. The van der Waals surface area contributed by atoms with Gasteiger partial charge in [0.25, 0.3) is 0 Å². The second-order valence-electron chi connectivity index (χ2n) is 3.75. The van der Waals surface area contributed by atoms with Crippen LogP contribution in [0.2, 0.25) is 0 Å². The highest BCUT2D eigenvalue weighted by molar-refractivity contribution is 5.88. The summed E-state index contributed by atoms with van der Waals surface area (Å²) in [5.41, 5.74) is 0.560. The second kappa shape index (κ2) is 5.31. The smallest absolute Gasteiger partial charge is 0.339 e. The maximum absolute atomic E-state index is 10.8. The van der Waals surface area contributed by atoms with Gasteiger partial charge < -0.3 is 14.8 Å². The molecule has 0 radical (unpaired) electrons. The molecule has 2 heterocycles. The van der Waals surface area contributed by atoms with E-state index in [-0.39, 0.29) is 5.56 Å². The number of carboxylic acids is 1. The van der Waals surface area contributed by atoms with Crippen molar-refractivity contribution in [3.05, 3.63) is 41.6 Å². The van der Waals surface area contributed by atoms with Crippen molar-refractivity contribution in [2.75, 3.05) is 11.9 Å². The standard InChI is InChI=1S/C12H13N3O3/c1-8-10(11(16)17)7-14-12(15-8)13-5-4-9-3-2-6-18-9/h2-3,6-7H,4-5H2,1H3,(H,16,17)(H,13,14,15). The largest absolute Gasteiger partial charge is 0.478 e. The molecular weight excluding hydrogens is 234 g/mol. The zero-order valence-electron chi connectivity index (χ0n) is 9.88. The van der Waals surface area contributed by atoms with E-state index >= 15 is 0 Å². The monoisotopic (exact) mass is 247 g/mol. The van der Waals surface area contributed by atoms with Gasteiger partial charge in [0.2, 0.25) is 5.95 Å². The fourth-order valence-electron chi connectivity index (χ4n) is 1.51. The molecule has 0 aliphatic heterocycles. The van der Waals surface area contributed by atoms with Crippen molar-refractivity contribution in [1.82, 2.24) is 9.97 Å². The molecule has 6 nitrogen and oxygen atoms in total. The topological polar surface area (TPSA) is 88.3 Å². The Balaban J connectivity index is 1.94. The number of hydrogen-bond donors (Lipinski definition) is 2. The van der Waals surface area contributed by atoms with Crippen molar-refractivity contribution >= 4 is 11.9 Å². The van der Waals surface area contributed by atoms with Crippen molar-refractivity contribution in [3.8, 4) is 0 Å². The molecule has 0 aliphatic carbocycles. The lowest BCUT2D eigenvalue weighted by Gasteiger charge is -2.05. The van der Waals surface area contributed by atoms with Gasteiger partial charge >= 0.3 is 5.97 Å². The van der Waals surface area contributed by atoms with Gasteiger partial charge in [-0.1, -0.05) is 0 Å². The Morgan fingerprint density at radius 1 is 1.56 bits per heavy atom. The van der Waals surface area contributed by atoms with E-state index in [1.54, 1.807) is 13.2 Å². The molecule has 0 bridgehead atoms. The van der Waals surface area contributed by atoms with Crippen LogP contribution in [0.1, 0.15) is 21.8 Å². The number of aryl methyl sites for hydroxylation is 1. The molecule has 0 saturated heterocycles. The van der Waals surface area contributed by atoms with Gasteiger partial charge in [-0.3, -0.25) is 0 Å². The average Bonchev–Trinajstić information content (AvgIpc) is 2.81. The maximum atomic E-state index is 10.8. The Hall–Kier alpha value is -2.37. The molecule has 2 aromatic rings. The van der Waals surface area contributed by atoms with Crippen LogP contribution in [0.15, 0.2) is 29.0 Å². The van der Waals surface area contributed by atoms with Crippen LogP contribution >= 0.6 is 0 Å². The lowest BCUT2D eigenvalue weighted by Crippen LogP contribution is -2.10. The normalized spacial score (nSPS) is 10.3. The third kappa shape index (κ3) is 2.85. The Morgan fingerprint density at radius 3 is 3.00 bits per heavy atom. The Bertz CT molecular complexity index is 538. The van der Waals surface area contributed by atoms with Crippen molar-refractivity contribution in [1.29, 1.82) is 0 Å². The van der Waals surface area contributed by atoms with Crippen molar-refractivity contribution in [2.24, 2.45) is 0 Å². The maximum Gasteiger partial charge on any atom is 0.339 e. The highest BCUT2D eigenvalue weighted by Gasteiger charge is 2.09. The van der Waals surface area contributed by atoms with E-state index in [1.807, 2.05) is 12.1 Å². The van der Waals surface area contributed by atoms with Crippen LogP contribution in [-0.4, -0.2) is 27.6 Å². The molecule has 0 aliphatic rings. The molecule has 0 unspecified atom stereocenters. The number of rotatable bonds is 5. The van der Waals surface area contributed by atoms with Crippen molar-refractivity contribution in [3.63, 3.8) is 0 Å². The predicted molar refractivity (Wildman–Crippen MR) is 64.6 cm³/mol. The molecule has 0 amide bonds. The minimum atomic E-state index is -1.02. The van der Waals surface area contributed by atoms with E-state index in [9.17, 15) is 4.79 Å². The summed E-state index contributed by atoms with van der Waals surface area (Å²) < 4.78 is 5.19. The van der Waals surface area contributed by atoms with E-state index in [0.717, 1.165) is 12.2 Å². The molecule has 2 N–H and O–H groups in total. The van der Waals surface area contributed by atoms with Crippen LogP contribution < -0.4 is 5.32 Å². The molecule has 0 fully saturated rings. The van der Waals surface area contributed by atoms with E-state index < -0.39 is 5.97 Å². The average molecular weight is 247 g/mol. The summed E-state index contributed by atoms with van der Waals surface area (Å²) in [6, 6.07) is 3.72. The first-order chi connectivity index (χ1) is 8.66. The van der Waals surface area contributed by atoms with Gasteiger partial charge in [-0.2, -0.15) is 0 Å². The molecule has 2 rings (SSSR count). The molecule has 6 heteroatoms. The molecule has 0 atom stereocenters. The molecule has 0 saturated carbocycles. The van der Waals surface area contributed by atoms with Crippen LogP contribution in [0.3, 0.4) is 0 Å². The van der Waals surface area contributed by atoms with Gasteiger partial charge in [-0.15, -0.1) is 0 Å². The Labute approximate surface area is 104 Å². The van der Waals surface area contributed by atoms with Crippen LogP contribution in [-0.2, 0) is 6.42 Å². The third-order valence-electron chi connectivity index (χ3n) is 2.44. The van der Waals surface area contributed by atoms with Gasteiger partial charge in [0.05, 0.1) is 17.5 Å². The van der Waals surface area contributed by atoms with Crippen LogP contribution in [0.25, 0.3) is 0 Å². The fraction of sp³-hybridized carbons (Fsp3) is 0.250. The lowest BCUT2D eigenvalue weighted by atomic mass is 10.2. The number of carboxylic acid groups (broad SMARTS) is 1. The number of nitrogens with zero attached hydrogens (tertiary/aromatic N) is 2. The minimum Gasteiger partial charge on any atom is -0.478 e. The number of aromatic nitrogens is 2. The number of anilines is 1. The zero-order chi connectivity index (χ0) is 13.0. The summed E-state index contributed by atoms with van der Waals surface area (Å²) >= 11 is 0. The Kier molecular flexibility index (Phi) is 3.57. The lowest BCUT2D eigenvalue weighted by molar-refractivity contribution is 0.0695. The summed E-state index contributed by atoms with van der Waals surface area (Å²) in [5.74, 6) is 0.278.